The molecule has 78 valence electrons. The van der Waals surface area contributed by atoms with Crippen LogP contribution in [0.4, 0.5) is 0 Å². The minimum atomic E-state index is 1.01. The third-order valence-electron chi connectivity index (χ3n) is 2.40. The molecule has 0 aromatic rings. The fraction of sp³-hybridized carbons (Fsp3) is 1.00. The van der Waals surface area contributed by atoms with Crippen LogP contribution < -0.4 is 0 Å². The molecule has 0 spiro atoms. The molecular weight excluding hydrogens is 180 g/mol. The van der Waals surface area contributed by atoms with E-state index in [4.69, 9.17) is 0 Å². The maximum atomic E-state index is 3.71. The van der Waals surface area contributed by atoms with Crippen molar-refractivity contribution in [1.82, 2.24) is 10.2 Å². The van der Waals surface area contributed by atoms with E-state index in [1.54, 1.807) is 10.2 Å². The Morgan fingerprint density at radius 3 is 1.21 bits per heavy atom. The Hall–Kier alpha value is -1.20. The van der Waals surface area contributed by atoms with Gasteiger partial charge in [-0.2, -0.15) is 0 Å². The number of nitrogens with zero attached hydrogens (tertiary/aromatic N) is 6. The molecule has 0 aromatic heterocycles. The SMILES string of the molecule is C(CCCCN1N=N1)CCCN1N=N1. The third kappa shape index (κ3) is 4.15. The average Bonchev–Trinajstić information content (AvgIpc) is 3.00. The van der Waals surface area contributed by atoms with Gasteiger partial charge in [0.15, 0.2) is 0 Å². The van der Waals surface area contributed by atoms with Crippen LogP contribution in [-0.2, 0) is 0 Å². The summed E-state index contributed by atoms with van der Waals surface area (Å²) in [4.78, 5) is 0. The molecule has 0 aromatic carbocycles. The minimum Gasteiger partial charge on any atom is -0.144 e. The zero-order valence-electron chi connectivity index (χ0n) is 8.34. The summed E-state index contributed by atoms with van der Waals surface area (Å²) in [5.41, 5.74) is 0. The highest BCUT2D eigenvalue weighted by Crippen LogP contribution is 2.13. The maximum Gasteiger partial charge on any atom is 0.0643 e. The van der Waals surface area contributed by atoms with E-state index in [0.29, 0.717) is 0 Å². The lowest BCUT2D eigenvalue weighted by molar-refractivity contribution is 0.430. The van der Waals surface area contributed by atoms with Gasteiger partial charge < -0.3 is 0 Å². The molecule has 0 saturated carbocycles. The Kier molecular flexibility index (Phi) is 3.26. The molecule has 2 rings (SSSR count). The topological polar surface area (TPSA) is 55.5 Å². The molecule has 2 heterocycles. The summed E-state index contributed by atoms with van der Waals surface area (Å²) < 4.78 is 0. The molecule has 0 aliphatic carbocycles. The summed E-state index contributed by atoms with van der Waals surface area (Å²) in [6, 6.07) is 0. The Morgan fingerprint density at radius 2 is 0.857 bits per heavy atom. The van der Waals surface area contributed by atoms with Crippen LogP contribution in [0.3, 0.4) is 0 Å². The van der Waals surface area contributed by atoms with Crippen molar-refractivity contribution in [3.8, 4) is 0 Å². The molecule has 6 nitrogen and oxygen atoms in total. The van der Waals surface area contributed by atoms with Crippen LogP contribution in [0.15, 0.2) is 20.9 Å². The lowest BCUT2D eigenvalue weighted by Crippen LogP contribution is -1.99. The van der Waals surface area contributed by atoms with Crippen LogP contribution in [0.2, 0.25) is 0 Å². The zero-order valence-corrected chi connectivity index (χ0v) is 8.34. The Morgan fingerprint density at radius 1 is 0.500 bits per heavy atom. The second-order valence-corrected chi connectivity index (χ2v) is 3.67. The summed E-state index contributed by atoms with van der Waals surface area (Å²) in [6.45, 7) is 2.01. The van der Waals surface area contributed by atoms with E-state index in [0.717, 1.165) is 13.1 Å². The van der Waals surface area contributed by atoms with Crippen molar-refractivity contribution < 1.29 is 0 Å². The summed E-state index contributed by atoms with van der Waals surface area (Å²) >= 11 is 0. The van der Waals surface area contributed by atoms with Gasteiger partial charge in [0.25, 0.3) is 0 Å². The van der Waals surface area contributed by atoms with Crippen molar-refractivity contribution in [1.29, 1.82) is 0 Å². The summed E-state index contributed by atoms with van der Waals surface area (Å²) in [6.07, 6.45) is 7.65. The number of hydrogen-bond donors (Lipinski definition) is 0. The van der Waals surface area contributed by atoms with Crippen molar-refractivity contribution in [3.05, 3.63) is 0 Å². The molecule has 2 aliphatic heterocycles. The monoisotopic (exact) mass is 196 g/mol. The van der Waals surface area contributed by atoms with Gasteiger partial charge in [0, 0.05) is 0 Å². The molecule has 14 heavy (non-hydrogen) atoms. The number of unbranched alkanes of at least 4 members (excludes halogenated alkanes) is 5. The van der Waals surface area contributed by atoms with Gasteiger partial charge in [0.2, 0.25) is 0 Å². The third-order valence-corrected chi connectivity index (χ3v) is 2.40. The largest absolute Gasteiger partial charge is 0.144 e. The van der Waals surface area contributed by atoms with Crippen molar-refractivity contribution in [2.24, 2.45) is 20.9 Å². The lowest BCUT2D eigenvalue weighted by Gasteiger charge is -2.00. The van der Waals surface area contributed by atoms with Crippen molar-refractivity contribution in [2.75, 3.05) is 13.1 Å². The quantitative estimate of drug-likeness (QED) is 0.532. The van der Waals surface area contributed by atoms with Gasteiger partial charge in [-0.05, 0) is 33.7 Å². The van der Waals surface area contributed by atoms with Crippen LogP contribution in [-0.4, -0.2) is 23.3 Å². The average molecular weight is 196 g/mol. The van der Waals surface area contributed by atoms with Crippen molar-refractivity contribution >= 4 is 0 Å². The molecule has 0 saturated heterocycles. The van der Waals surface area contributed by atoms with Gasteiger partial charge in [-0.3, -0.25) is 0 Å². The Balaban J connectivity index is 1.26. The van der Waals surface area contributed by atoms with Crippen LogP contribution in [0.25, 0.3) is 0 Å². The first-order chi connectivity index (χ1) is 6.95. The number of hydrogen-bond acceptors (Lipinski definition) is 6. The van der Waals surface area contributed by atoms with E-state index >= 15 is 0 Å². The fourth-order valence-electron chi connectivity index (χ4n) is 1.45. The lowest BCUT2D eigenvalue weighted by atomic mass is 10.1. The molecular formula is C8H16N6. The van der Waals surface area contributed by atoms with Crippen molar-refractivity contribution in [2.45, 2.75) is 38.5 Å². The fourth-order valence-corrected chi connectivity index (χ4v) is 1.45. The molecule has 0 N–H and O–H groups in total. The molecule has 0 amide bonds. The Labute approximate surface area is 83.6 Å². The maximum absolute atomic E-state index is 3.71. The molecule has 0 bridgehead atoms. The predicted octanol–water partition coefficient (Wildman–Crippen LogP) is 2.52. The Bertz CT molecular complexity index is 190. The van der Waals surface area contributed by atoms with E-state index in [1.165, 1.54) is 38.5 Å². The molecule has 0 fully saturated rings. The number of rotatable bonds is 9. The van der Waals surface area contributed by atoms with Crippen molar-refractivity contribution in [3.63, 3.8) is 0 Å². The predicted molar refractivity (Wildman–Crippen MR) is 50.8 cm³/mol. The van der Waals surface area contributed by atoms with Crippen LogP contribution >= 0.6 is 0 Å². The van der Waals surface area contributed by atoms with E-state index in [2.05, 4.69) is 20.9 Å². The molecule has 0 atom stereocenters. The normalized spacial score (nSPS) is 16.6. The highest BCUT2D eigenvalue weighted by Gasteiger charge is 2.09. The first-order valence-corrected chi connectivity index (χ1v) is 5.33. The van der Waals surface area contributed by atoms with E-state index in [1.807, 2.05) is 0 Å². The zero-order chi connectivity index (χ0) is 9.64. The summed E-state index contributed by atoms with van der Waals surface area (Å²) in [5.74, 6) is 0. The summed E-state index contributed by atoms with van der Waals surface area (Å²) in [5, 5.41) is 18.3. The van der Waals surface area contributed by atoms with E-state index in [-0.39, 0.29) is 0 Å². The van der Waals surface area contributed by atoms with Gasteiger partial charge in [-0.15, -0.1) is 10.2 Å². The first-order valence-electron chi connectivity index (χ1n) is 5.33. The summed E-state index contributed by atoms with van der Waals surface area (Å²) in [7, 11) is 0. The van der Waals surface area contributed by atoms with Gasteiger partial charge in [0.05, 0.1) is 13.1 Å². The minimum absolute atomic E-state index is 1.01. The first kappa shape index (κ1) is 9.36. The highest BCUT2D eigenvalue weighted by atomic mass is 15.9. The second kappa shape index (κ2) is 4.88. The van der Waals surface area contributed by atoms with Gasteiger partial charge in [-0.25, -0.2) is 0 Å². The standard InChI is InChI=1S/C8H16N6/c1(3-5-7-13-9-10-13)2-4-6-8-14-11-12-14/h1-8H2. The molecule has 6 heteroatoms. The smallest absolute Gasteiger partial charge is 0.0643 e. The van der Waals surface area contributed by atoms with Crippen LogP contribution in [0.5, 0.6) is 0 Å². The molecule has 2 aliphatic rings. The van der Waals surface area contributed by atoms with E-state index < -0.39 is 0 Å². The van der Waals surface area contributed by atoms with Gasteiger partial charge >= 0.3 is 0 Å². The van der Waals surface area contributed by atoms with Crippen LogP contribution in [0, 0.1) is 0 Å². The van der Waals surface area contributed by atoms with Gasteiger partial charge in [-0.1, -0.05) is 25.7 Å². The molecule has 0 radical (unpaired) electrons. The van der Waals surface area contributed by atoms with Crippen LogP contribution in [0.1, 0.15) is 38.5 Å². The highest BCUT2D eigenvalue weighted by molar-refractivity contribution is 4.53. The molecule has 0 unspecified atom stereocenters. The van der Waals surface area contributed by atoms with E-state index in [9.17, 15) is 0 Å². The van der Waals surface area contributed by atoms with Gasteiger partial charge in [0.1, 0.15) is 0 Å². The second-order valence-electron chi connectivity index (χ2n) is 3.67.